The highest BCUT2D eigenvalue weighted by atomic mass is 15.1. The summed E-state index contributed by atoms with van der Waals surface area (Å²) in [7, 11) is 2.16. The molecule has 0 fully saturated rings. The van der Waals surface area contributed by atoms with Crippen LogP contribution in [0.3, 0.4) is 0 Å². The lowest BCUT2D eigenvalue weighted by Gasteiger charge is -2.22. The molecule has 0 aromatic heterocycles. The molecule has 1 aromatic rings. The van der Waals surface area contributed by atoms with E-state index in [2.05, 4.69) is 56.1 Å². The van der Waals surface area contributed by atoms with Crippen LogP contribution in [0.25, 0.3) is 0 Å². The summed E-state index contributed by atoms with van der Waals surface area (Å²) in [5.74, 6) is 0.688. The molecular weight excluding hydrogens is 208 g/mol. The van der Waals surface area contributed by atoms with Crippen molar-refractivity contribution in [3.05, 3.63) is 35.9 Å². The van der Waals surface area contributed by atoms with Crippen LogP contribution in [0.2, 0.25) is 0 Å². The van der Waals surface area contributed by atoms with Crippen molar-refractivity contribution in [1.29, 1.82) is 0 Å². The first-order valence-electron chi connectivity index (χ1n) is 6.56. The van der Waals surface area contributed by atoms with Gasteiger partial charge in [0.2, 0.25) is 0 Å². The van der Waals surface area contributed by atoms with Crippen molar-refractivity contribution in [2.45, 2.75) is 32.7 Å². The maximum Gasteiger partial charge on any atom is 0.0170 e. The molecule has 0 bridgehead atoms. The molecule has 2 N–H and O–H groups in total. The second-order valence-electron chi connectivity index (χ2n) is 5.39. The second-order valence-corrected chi connectivity index (χ2v) is 5.39. The van der Waals surface area contributed by atoms with E-state index < -0.39 is 0 Å². The monoisotopic (exact) mass is 234 g/mol. The highest BCUT2D eigenvalue weighted by Crippen LogP contribution is 2.05. The van der Waals surface area contributed by atoms with Crippen molar-refractivity contribution in [3.63, 3.8) is 0 Å². The van der Waals surface area contributed by atoms with Crippen LogP contribution in [0.5, 0.6) is 0 Å². The molecule has 0 radical (unpaired) electrons. The summed E-state index contributed by atoms with van der Waals surface area (Å²) >= 11 is 0. The Labute approximate surface area is 106 Å². The topological polar surface area (TPSA) is 29.3 Å². The van der Waals surface area contributed by atoms with Gasteiger partial charge in [-0.3, -0.25) is 0 Å². The molecular formula is C15H26N2. The molecule has 2 nitrogen and oxygen atoms in total. The Balaban J connectivity index is 2.23. The number of hydrogen-bond acceptors (Lipinski definition) is 2. The van der Waals surface area contributed by atoms with Gasteiger partial charge in [0.15, 0.2) is 0 Å². The second kappa shape index (κ2) is 7.46. The molecule has 0 aliphatic carbocycles. The first-order chi connectivity index (χ1) is 8.08. The fourth-order valence-corrected chi connectivity index (χ4v) is 2.14. The van der Waals surface area contributed by atoms with Gasteiger partial charge < -0.3 is 10.6 Å². The summed E-state index contributed by atoms with van der Waals surface area (Å²) in [5.41, 5.74) is 7.50. The normalized spacial score (nSPS) is 13.3. The molecule has 1 rings (SSSR count). The third kappa shape index (κ3) is 6.44. The Bertz CT molecular complexity index is 295. The van der Waals surface area contributed by atoms with Crippen molar-refractivity contribution in [1.82, 2.24) is 4.90 Å². The molecule has 0 spiro atoms. The third-order valence-electron chi connectivity index (χ3n) is 2.95. The molecule has 96 valence electrons. The predicted molar refractivity (Wildman–Crippen MR) is 75.1 cm³/mol. The van der Waals surface area contributed by atoms with E-state index in [4.69, 9.17) is 5.73 Å². The zero-order valence-corrected chi connectivity index (χ0v) is 11.4. The fraction of sp³-hybridized carbons (Fsp3) is 0.600. The zero-order chi connectivity index (χ0) is 12.7. The van der Waals surface area contributed by atoms with E-state index in [0.29, 0.717) is 12.0 Å². The summed E-state index contributed by atoms with van der Waals surface area (Å²) in [5, 5.41) is 0. The molecule has 0 unspecified atom stereocenters. The van der Waals surface area contributed by atoms with Gasteiger partial charge >= 0.3 is 0 Å². The van der Waals surface area contributed by atoms with Crippen molar-refractivity contribution in [2.24, 2.45) is 11.7 Å². The Kier molecular flexibility index (Phi) is 6.23. The molecule has 1 atom stereocenters. The molecule has 17 heavy (non-hydrogen) atoms. The van der Waals surface area contributed by atoms with Crippen LogP contribution in [0.4, 0.5) is 0 Å². The van der Waals surface area contributed by atoms with Crippen LogP contribution < -0.4 is 5.73 Å². The molecule has 0 aliphatic heterocycles. The van der Waals surface area contributed by atoms with E-state index in [1.54, 1.807) is 0 Å². The third-order valence-corrected chi connectivity index (χ3v) is 2.95. The van der Waals surface area contributed by atoms with Crippen LogP contribution in [-0.4, -0.2) is 31.1 Å². The van der Waals surface area contributed by atoms with Crippen molar-refractivity contribution in [2.75, 3.05) is 20.1 Å². The van der Waals surface area contributed by atoms with Crippen molar-refractivity contribution >= 4 is 0 Å². The number of rotatable bonds is 7. The summed E-state index contributed by atoms with van der Waals surface area (Å²) in [6.45, 7) is 6.52. The molecule has 2 heteroatoms. The van der Waals surface area contributed by atoms with Crippen molar-refractivity contribution < 1.29 is 0 Å². The van der Waals surface area contributed by atoms with Gasteiger partial charge in [0.05, 0.1) is 0 Å². The zero-order valence-electron chi connectivity index (χ0n) is 11.4. The number of nitrogens with zero attached hydrogens (tertiary/aromatic N) is 1. The molecule has 0 heterocycles. The van der Waals surface area contributed by atoms with E-state index in [1.807, 2.05) is 0 Å². The lowest BCUT2D eigenvalue weighted by atomic mass is 10.0. The lowest BCUT2D eigenvalue weighted by Crippen LogP contribution is -2.37. The van der Waals surface area contributed by atoms with E-state index in [9.17, 15) is 0 Å². The average Bonchev–Trinajstić information content (AvgIpc) is 2.26. The Morgan fingerprint density at radius 1 is 1.18 bits per heavy atom. The first kappa shape index (κ1) is 14.2. The maximum atomic E-state index is 6.10. The minimum atomic E-state index is 0.302. The van der Waals surface area contributed by atoms with E-state index in [1.165, 1.54) is 5.56 Å². The number of likely N-dealkylation sites (N-methyl/N-ethyl adjacent to an activating group) is 1. The SMILES string of the molecule is CC(C)C[C@H](N)CN(C)CCc1ccccc1. The quantitative estimate of drug-likeness (QED) is 0.785. The predicted octanol–water partition coefficient (Wildman–Crippen LogP) is 2.53. The highest BCUT2D eigenvalue weighted by Gasteiger charge is 2.08. The molecule has 0 saturated carbocycles. The Morgan fingerprint density at radius 2 is 1.82 bits per heavy atom. The van der Waals surface area contributed by atoms with Crippen molar-refractivity contribution in [3.8, 4) is 0 Å². The summed E-state index contributed by atoms with van der Waals surface area (Å²) < 4.78 is 0. The number of benzene rings is 1. The summed E-state index contributed by atoms with van der Waals surface area (Å²) in [6.07, 6.45) is 2.21. The van der Waals surface area contributed by atoms with Crippen LogP contribution in [0.15, 0.2) is 30.3 Å². The van der Waals surface area contributed by atoms with Crippen LogP contribution in [0.1, 0.15) is 25.8 Å². The molecule has 1 aromatic carbocycles. The van der Waals surface area contributed by atoms with Gasteiger partial charge in [0, 0.05) is 19.1 Å². The summed E-state index contributed by atoms with van der Waals surface area (Å²) in [6, 6.07) is 10.9. The smallest absolute Gasteiger partial charge is 0.0170 e. The largest absolute Gasteiger partial charge is 0.327 e. The first-order valence-corrected chi connectivity index (χ1v) is 6.56. The minimum Gasteiger partial charge on any atom is -0.327 e. The van der Waals surface area contributed by atoms with E-state index >= 15 is 0 Å². The van der Waals surface area contributed by atoms with E-state index in [-0.39, 0.29) is 0 Å². The van der Waals surface area contributed by atoms with Gasteiger partial charge in [-0.05, 0) is 31.4 Å². The van der Waals surface area contributed by atoms with Gasteiger partial charge in [-0.1, -0.05) is 44.2 Å². The maximum absolute atomic E-state index is 6.10. The standard InChI is InChI=1S/C15H26N2/c1-13(2)11-15(16)12-17(3)10-9-14-7-5-4-6-8-14/h4-8,13,15H,9-12,16H2,1-3H3/t15-/m0/s1. The summed E-state index contributed by atoms with van der Waals surface area (Å²) in [4.78, 5) is 2.33. The molecule has 0 aliphatic rings. The highest BCUT2D eigenvalue weighted by molar-refractivity contribution is 5.14. The number of hydrogen-bond donors (Lipinski definition) is 1. The van der Waals surface area contributed by atoms with Gasteiger partial charge in [0.25, 0.3) is 0 Å². The van der Waals surface area contributed by atoms with Crippen LogP contribution in [0, 0.1) is 5.92 Å². The van der Waals surface area contributed by atoms with Crippen LogP contribution >= 0.6 is 0 Å². The Morgan fingerprint density at radius 3 is 2.41 bits per heavy atom. The fourth-order valence-electron chi connectivity index (χ4n) is 2.14. The molecule has 0 amide bonds. The van der Waals surface area contributed by atoms with E-state index in [0.717, 1.165) is 25.9 Å². The Hall–Kier alpha value is -0.860. The molecule has 0 saturated heterocycles. The van der Waals surface area contributed by atoms with Gasteiger partial charge in [-0.2, -0.15) is 0 Å². The van der Waals surface area contributed by atoms with Crippen LogP contribution in [-0.2, 0) is 6.42 Å². The average molecular weight is 234 g/mol. The lowest BCUT2D eigenvalue weighted by molar-refractivity contribution is 0.297. The number of nitrogens with two attached hydrogens (primary N) is 1. The van der Waals surface area contributed by atoms with Gasteiger partial charge in [-0.15, -0.1) is 0 Å². The minimum absolute atomic E-state index is 0.302. The van der Waals surface area contributed by atoms with Gasteiger partial charge in [-0.25, -0.2) is 0 Å². The van der Waals surface area contributed by atoms with Gasteiger partial charge in [0.1, 0.15) is 0 Å².